The van der Waals surface area contributed by atoms with Crippen LogP contribution in [0, 0.1) is 0 Å². The van der Waals surface area contributed by atoms with Crippen LogP contribution in [0.4, 0.5) is 5.69 Å². The van der Waals surface area contributed by atoms with E-state index in [0.717, 1.165) is 4.70 Å². The largest absolute Gasteiger partial charge is 0.494 e. The van der Waals surface area contributed by atoms with Gasteiger partial charge in [-0.3, -0.25) is 9.59 Å². The number of anilines is 1. The second-order valence-corrected chi connectivity index (χ2v) is 9.17. The Morgan fingerprint density at radius 1 is 1.16 bits per heavy atom. The maximum atomic E-state index is 12.9. The number of hydrogen-bond acceptors (Lipinski definition) is 8. The summed E-state index contributed by atoms with van der Waals surface area (Å²) < 4.78 is 12.0. The summed E-state index contributed by atoms with van der Waals surface area (Å²) in [5.41, 5.74) is 1.63. The van der Waals surface area contributed by atoms with Gasteiger partial charge < -0.3 is 9.47 Å². The average molecular weight is 457 g/mol. The van der Waals surface area contributed by atoms with E-state index in [1.165, 1.54) is 28.0 Å². The Balaban J connectivity index is 1.50. The van der Waals surface area contributed by atoms with Crippen molar-refractivity contribution in [3.8, 4) is 5.75 Å². The molecule has 0 saturated carbocycles. The molecule has 0 aliphatic carbocycles. The first kappa shape index (κ1) is 21.3. The van der Waals surface area contributed by atoms with Crippen LogP contribution in [0.25, 0.3) is 10.2 Å². The molecule has 9 heteroatoms. The number of carbonyl (C=O) groups is 3. The Labute approximate surface area is 187 Å². The molecule has 2 heterocycles. The summed E-state index contributed by atoms with van der Waals surface area (Å²) >= 11 is 2.70. The van der Waals surface area contributed by atoms with E-state index in [2.05, 4.69) is 4.98 Å². The minimum atomic E-state index is -0.538. The van der Waals surface area contributed by atoms with Crippen LogP contribution in [0.2, 0.25) is 0 Å². The number of aromatic nitrogens is 1. The molecule has 1 aromatic heterocycles. The number of benzene rings is 2. The summed E-state index contributed by atoms with van der Waals surface area (Å²) in [6.45, 7) is 4.49. The number of hydrogen-bond donors (Lipinski definition) is 0. The second-order valence-electron chi connectivity index (χ2n) is 6.69. The van der Waals surface area contributed by atoms with Crippen molar-refractivity contribution in [1.29, 1.82) is 0 Å². The number of carbonyl (C=O) groups excluding carboxylic acids is 3. The number of nitrogens with zero attached hydrogens (tertiary/aromatic N) is 2. The maximum absolute atomic E-state index is 12.9. The van der Waals surface area contributed by atoms with Crippen LogP contribution >= 0.6 is 23.1 Å². The third-order valence-electron chi connectivity index (χ3n) is 4.63. The second kappa shape index (κ2) is 9.07. The predicted octanol–water partition coefficient (Wildman–Crippen LogP) is 4.30. The minimum absolute atomic E-state index is 0.112. The normalized spacial score (nSPS) is 16.2. The molecular formula is C22H20N2O5S2. The van der Waals surface area contributed by atoms with Gasteiger partial charge in [0, 0.05) is 6.42 Å². The monoisotopic (exact) mass is 456 g/mol. The molecule has 1 unspecified atom stereocenters. The van der Waals surface area contributed by atoms with E-state index in [9.17, 15) is 14.4 Å². The maximum Gasteiger partial charge on any atom is 0.338 e. The molecule has 160 valence electrons. The highest BCUT2D eigenvalue weighted by Gasteiger charge is 2.40. The number of imide groups is 1. The number of amides is 2. The molecular weight excluding hydrogens is 436 g/mol. The summed E-state index contributed by atoms with van der Waals surface area (Å²) in [6.07, 6.45) is 0.112. The average Bonchev–Trinajstić information content (AvgIpc) is 3.28. The fourth-order valence-electron chi connectivity index (χ4n) is 3.25. The van der Waals surface area contributed by atoms with Gasteiger partial charge in [-0.2, -0.15) is 0 Å². The highest BCUT2D eigenvalue weighted by atomic mass is 32.2. The van der Waals surface area contributed by atoms with Crippen molar-refractivity contribution >= 4 is 56.8 Å². The third-order valence-corrected chi connectivity index (χ3v) is 6.95. The zero-order valence-electron chi connectivity index (χ0n) is 17.0. The minimum Gasteiger partial charge on any atom is -0.494 e. The number of thioether (sulfide) groups is 1. The molecule has 4 rings (SSSR count). The third kappa shape index (κ3) is 4.42. The van der Waals surface area contributed by atoms with Crippen LogP contribution in [-0.4, -0.2) is 41.2 Å². The first-order chi connectivity index (χ1) is 15.0. The molecule has 2 aromatic carbocycles. The van der Waals surface area contributed by atoms with Gasteiger partial charge in [0.2, 0.25) is 11.8 Å². The van der Waals surface area contributed by atoms with E-state index in [1.807, 2.05) is 13.0 Å². The van der Waals surface area contributed by atoms with Crippen molar-refractivity contribution in [2.45, 2.75) is 29.9 Å². The van der Waals surface area contributed by atoms with Crippen molar-refractivity contribution in [3.05, 3.63) is 48.0 Å². The van der Waals surface area contributed by atoms with Gasteiger partial charge in [0.05, 0.1) is 34.7 Å². The van der Waals surface area contributed by atoms with E-state index in [-0.39, 0.29) is 18.2 Å². The lowest BCUT2D eigenvalue weighted by Crippen LogP contribution is -2.31. The molecule has 0 N–H and O–H groups in total. The van der Waals surface area contributed by atoms with Crippen LogP contribution in [0.15, 0.2) is 46.8 Å². The molecule has 1 atom stereocenters. The molecule has 31 heavy (non-hydrogen) atoms. The molecule has 7 nitrogen and oxygen atoms in total. The molecule has 1 fully saturated rings. The van der Waals surface area contributed by atoms with Gasteiger partial charge in [-0.25, -0.2) is 14.7 Å². The van der Waals surface area contributed by atoms with E-state index in [4.69, 9.17) is 9.47 Å². The SMILES string of the molecule is CCOC(=O)c1ccc2sc(SC3CC(=O)N(c4ccc(OCC)cc4)C3=O)nc2c1. The quantitative estimate of drug-likeness (QED) is 0.387. The molecule has 1 aliphatic rings. The van der Waals surface area contributed by atoms with E-state index >= 15 is 0 Å². The lowest BCUT2D eigenvalue weighted by Gasteiger charge is -2.15. The summed E-state index contributed by atoms with van der Waals surface area (Å²) in [5.74, 6) is -0.204. The first-order valence-electron chi connectivity index (χ1n) is 9.84. The zero-order chi connectivity index (χ0) is 22.0. The lowest BCUT2D eigenvalue weighted by atomic mass is 10.2. The highest BCUT2D eigenvalue weighted by Crippen LogP contribution is 2.38. The number of rotatable bonds is 7. The molecule has 3 aromatic rings. The fraction of sp³-hybridized carbons (Fsp3) is 0.273. The zero-order valence-corrected chi connectivity index (χ0v) is 18.6. The Kier molecular flexibility index (Phi) is 6.24. The van der Waals surface area contributed by atoms with Gasteiger partial charge in [-0.1, -0.05) is 11.8 Å². The van der Waals surface area contributed by atoms with Crippen molar-refractivity contribution in [3.63, 3.8) is 0 Å². The predicted molar refractivity (Wildman–Crippen MR) is 120 cm³/mol. The molecule has 1 aliphatic heterocycles. The molecule has 0 spiro atoms. The fourth-order valence-corrected chi connectivity index (χ4v) is 5.56. The van der Waals surface area contributed by atoms with Gasteiger partial charge in [0.25, 0.3) is 0 Å². The van der Waals surface area contributed by atoms with E-state index in [1.54, 1.807) is 43.3 Å². The summed E-state index contributed by atoms with van der Waals surface area (Å²) in [4.78, 5) is 43.2. The van der Waals surface area contributed by atoms with Gasteiger partial charge in [0.1, 0.15) is 11.0 Å². The number of ether oxygens (including phenoxy) is 2. The number of esters is 1. The van der Waals surface area contributed by atoms with Gasteiger partial charge >= 0.3 is 5.97 Å². The Morgan fingerprint density at radius 2 is 1.94 bits per heavy atom. The smallest absolute Gasteiger partial charge is 0.338 e. The van der Waals surface area contributed by atoms with Gasteiger partial charge in [0.15, 0.2) is 4.34 Å². The number of fused-ring (bicyclic) bond motifs is 1. The van der Waals surface area contributed by atoms with E-state index in [0.29, 0.717) is 40.1 Å². The molecule has 0 bridgehead atoms. The summed E-state index contributed by atoms with van der Waals surface area (Å²) in [7, 11) is 0. The molecule has 0 radical (unpaired) electrons. The lowest BCUT2D eigenvalue weighted by molar-refractivity contribution is -0.121. The van der Waals surface area contributed by atoms with Crippen molar-refractivity contribution in [2.75, 3.05) is 18.1 Å². The summed E-state index contributed by atoms with van der Waals surface area (Å²) in [6, 6.07) is 12.1. The summed E-state index contributed by atoms with van der Waals surface area (Å²) in [5, 5.41) is -0.538. The number of thiazole rings is 1. The standard InChI is InChI=1S/C22H20N2O5S2/c1-3-28-15-8-6-14(7-9-15)24-19(25)12-18(20(24)26)31-22-23-16-11-13(21(27)29-4-2)5-10-17(16)30-22/h5-11,18H,3-4,12H2,1-2H3. The molecule has 1 saturated heterocycles. The van der Waals surface area contributed by atoms with Crippen LogP contribution < -0.4 is 9.64 Å². The van der Waals surface area contributed by atoms with Crippen molar-refractivity contribution < 1.29 is 23.9 Å². The highest BCUT2D eigenvalue weighted by molar-refractivity contribution is 8.02. The van der Waals surface area contributed by atoms with Crippen LogP contribution in [-0.2, 0) is 14.3 Å². The van der Waals surface area contributed by atoms with Crippen molar-refractivity contribution in [2.24, 2.45) is 0 Å². The van der Waals surface area contributed by atoms with Crippen LogP contribution in [0.1, 0.15) is 30.6 Å². The Bertz CT molecular complexity index is 1140. The molecule has 2 amide bonds. The Hall–Kier alpha value is -2.91. The van der Waals surface area contributed by atoms with Crippen LogP contribution in [0.3, 0.4) is 0 Å². The topological polar surface area (TPSA) is 85.8 Å². The van der Waals surface area contributed by atoms with Crippen molar-refractivity contribution in [1.82, 2.24) is 4.98 Å². The Morgan fingerprint density at radius 3 is 2.65 bits per heavy atom. The first-order valence-corrected chi connectivity index (χ1v) is 11.5. The van der Waals surface area contributed by atoms with Gasteiger partial charge in [-0.05, 0) is 56.3 Å². The van der Waals surface area contributed by atoms with Crippen LogP contribution in [0.5, 0.6) is 5.75 Å². The van der Waals surface area contributed by atoms with Gasteiger partial charge in [-0.15, -0.1) is 11.3 Å². The van der Waals surface area contributed by atoms with E-state index < -0.39 is 11.2 Å².